The highest BCUT2D eigenvalue weighted by Gasteiger charge is 2.35. The fraction of sp³-hybridized carbons (Fsp3) is 0.615. The smallest absolute Gasteiger partial charge is 0.151 e. The number of aromatic nitrogens is 4. The number of hydrogen-bond donors (Lipinski definition) is 2. The molecule has 3 aliphatic carbocycles. The molecule has 3 saturated carbocycles. The molecule has 5 atom stereocenters. The molecule has 366 valence electrons. The van der Waals surface area contributed by atoms with Gasteiger partial charge < -0.3 is 19.3 Å². The molecule has 2 aromatic carbocycles. The second kappa shape index (κ2) is 27.0. The number of piperidine rings is 2. The second-order valence-corrected chi connectivity index (χ2v) is 21.3. The molecule has 2 aromatic heterocycles. The normalized spacial score (nSPS) is 27.1. The molecule has 2 saturated heterocycles. The Bertz CT molecular complexity index is 2050. The van der Waals surface area contributed by atoms with Crippen LogP contribution in [0, 0.1) is 23.5 Å². The van der Waals surface area contributed by atoms with Gasteiger partial charge >= 0.3 is 0 Å². The summed E-state index contributed by atoms with van der Waals surface area (Å²) in [5.41, 5.74) is 2.24. The lowest BCUT2D eigenvalue weighted by atomic mass is 9.82. The highest BCUT2D eigenvalue weighted by molar-refractivity contribution is 7.98. The summed E-state index contributed by atoms with van der Waals surface area (Å²) in [5.74, 6) is 3.66. The van der Waals surface area contributed by atoms with Crippen LogP contribution in [0.3, 0.4) is 0 Å². The summed E-state index contributed by atoms with van der Waals surface area (Å²) in [6.07, 6.45) is 18.2. The highest BCUT2D eigenvalue weighted by atomic mass is 32.2. The number of hydrogen-bond acceptors (Lipinski definition) is 11. The third-order valence-electron chi connectivity index (χ3n) is 14.3. The summed E-state index contributed by atoms with van der Waals surface area (Å²) in [4.78, 5) is 4.60. The van der Waals surface area contributed by atoms with Crippen LogP contribution in [-0.2, 0) is 20.5 Å². The zero-order valence-electron chi connectivity index (χ0n) is 39.9. The number of nitrogens with one attached hydrogen (secondary N) is 2. The molecule has 0 amide bonds. The van der Waals surface area contributed by atoms with Crippen LogP contribution in [0.4, 0.5) is 20.4 Å². The molecule has 11 nitrogen and oxygen atoms in total. The van der Waals surface area contributed by atoms with E-state index < -0.39 is 11.0 Å². The Balaban J connectivity index is 0.000000192. The third kappa shape index (κ3) is 15.4. The summed E-state index contributed by atoms with van der Waals surface area (Å²) < 4.78 is 59.4. The largest absolute Gasteiger partial charge is 0.378 e. The first-order valence-electron chi connectivity index (χ1n) is 25.2. The number of rotatable bonds is 16. The van der Waals surface area contributed by atoms with Gasteiger partial charge in [-0.1, -0.05) is 63.4 Å². The van der Waals surface area contributed by atoms with Crippen molar-refractivity contribution in [1.29, 1.82) is 0 Å². The third-order valence-corrected chi connectivity index (χ3v) is 16.6. The number of ether oxygens (including phenoxy) is 2. The average molecular weight is 961 g/mol. The van der Waals surface area contributed by atoms with Crippen LogP contribution in [-0.4, -0.2) is 99.3 Å². The maximum absolute atomic E-state index is 13.6. The average Bonchev–Trinajstić information content (AvgIpc) is 3.37. The van der Waals surface area contributed by atoms with Crippen LogP contribution in [0.2, 0.25) is 0 Å². The van der Waals surface area contributed by atoms with Gasteiger partial charge in [0.15, 0.2) is 11.6 Å². The summed E-state index contributed by atoms with van der Waals surface area (Å²) in [7, 11) is -1.02. The van der Waals surface area contributed by atoms with Crippen LogP contribution in [0.5, 0.6) is 0 Å². The van der Waals surface area contributed by atoms with Gasteiger partial charge in [-0.05, 0) is 149 Å². The standard InChI is InChI=1S/C26H35FN4OS.C24H33FN4O2S.C2H6/c27-22-5-1-4-20(16-22)19-9-11-23(12-10-19)32-18-21-17-31(26-8-3-14-28-29-26)15-13-25(21)30-33-24-6-2-7-24;1-2-32(30)28-23-12-14-29(24-7-4-13-26-27-24)16-20(23)17-31-22-10-8-18(9-11-22)19-5-3-6-21(25)15-19;1-2/h1,3-5,8,14,16,19,21,23-25,30H,2,6-7,9-13,15,17-18H2;3-7,13,15,18,20,22-23,28H,2,8-12,14,16-17H2,1H3;1-2H3. The molecule has 5 unspecified atom stereocenters. The number of nitrogens with zero attached hydrogens (tertiary/aromatic N) is 6. The van der Waals surface area contributed by atoms with Gasteiger partial charge in [-0.3, -0.25) is 4.72 Å². The molecular weight excluding hydrogens is 887 g/mol. The highest BCUT2D eigenvalue weighted by Crippen LogP contribution is 2.37. The van der Waals surface area contributed by atoms with Gasteiger partial charge in [-0.15, -0.1) is 10.2 Å². The van der Waals surface area contributed by atoms with E-state index in [4.69, 9.17) is 9.47 Å². The lowest BCUT2D eigenvalue weighted by molar-refractivity contribution is -0.00216. The molecule has 4 heterocycles. The molecular formula is C52H74F2N8O3S2. The Hall–Kier alpha value is -3.60. The number of benzene rings is 2. The van der Waals surface area contributed by atoms with Crippen molar-refractivity contribution in [2.45, 2.75) is 146 Å². The number of halogens is 2. The van der Waals surface area contributed by atoms with Gasteiger partial charge in [0, 0.05) is 73.5 Å². The van der Waals surface area contributed by atoms with E-state index in [-0.39, 0.29) is 29.7 Å². The van der Waals surface area contributed by atoms with Crippen molar-refractivity contribution in [1.82, 2.24) is 29.8 Å². The monoisotopic (exact) mass is 961 g/mol. The van der Waals surface area contributed by atoms with Crippen molar-refractivity contribution >= 4 is 34.6 Å². The molecule has 67 heavy (non-hydrogen) atoms. The Morgan fingerprint density at radius 1 is 0.657 bits per heavy atom. The van der Waals surface area contributed by atoms with E-state index in [0.29, 0.717) is 42.3 Å². The minimum absolute atomic E-state index is 0.130. The first kappa shape index (κ1) is 51.3. The predicted octanol–water partition coefficient (Wildman–Crippen LogP) is 10.2. The van der Waals surface area contributed by atoms with Gasteiger partial charge in [0.25, 0.3) is 0 Å². The Morgan fingerprint density at radius 2 is 1.15 bits per heavy atom. The zero-order valence-corrected chi connectivity index (χ0v) is 41.5. The topological polar surface area (TPSA) is 118 Å². The Kier molecular flexibility index (Phi) is 20.6. The molecule has 15 heteroatoms. The van der Waals surface area contributed by atoms with Crippen LogP contribution in [0.15, 0.2) is 85.2 Å². The zero-order chi connectivity index (χ0) is 46.8. The molecule has 0 bridgehead atoms. The maximum atomic E-state index is 13.6. The molecule has 2 aliphatic heterocycles. The lowest BCUT2D eigenvalue weighted by Gasteiger charge is -2.41. The van der Waals surface area contributed by atoms with Gasteiger partial charge in [-0.25, -0.2) is 17.7 Å². The van der Waals surface area contributed by atoms with Gasteiger partial charge in [-0.2, -0.15) is 10.2 Å². The predicted molar refractivity (Wildman–Crippen MR) is 269 cm³/mol. The van der Waals surface area contributed by atoms with E-state index in [1.807, 2.05) is 63.1 Å². The van der Waals surface area contributed by atoms with E-state index in [1.54, 1.807) is 30.6 Å². The lowest BCUT2D eigenvalue weighted by Crippen LogP contribution is -2.52. The van der Waals surface area contributed by atoms with E-state index in [9.17, 15) is 13.0 Å². The molecule has 0 radical (unpaired) electrons. The maximum Gasteiger partial charge on any atom is 0.151 e. The van der Waals surface area contributed by atoms with E-state index in [0.717, 1.165) is 125 Å². The van der Waals surface area contributed by atoms with Crippen molar-refractivity contribution in [2.75, 3.05) is 54.9 Å². The van der Waals surface area contributed by atoms with Crippen LogP contribution in [0.1, 0.15) is 127 Å². The van der Waals surface area contributed by atoms with E-state index in [2.05, 4.69) is 51.8 Å². The first-order chi connectivity index (χ1) is 32.9. The fourth-order valence-electron chi connectivity index (χ4n) is 10.1. The summed E-state index contributed by atoms with van der Waals surface area (Å²) in [6, 6.07) is 22.6. The van der Waals surface area contributed by atoms with Crippen LogP contribution >= 0.6 is 11.9 Å². The molecule has 5 aliphatic rings. The van der Waals surface area contributed by atoms with E-state index >= 15 is 0 Å². The SMILES string of the molecule is CC.CCS(=O)NC1CCN(c2cccnn2)CC1COC1CCC(c2cccc(F)c2)CC1.Fc1cccc(C2CCC(OCC3CN(c4cccnn4)CCC3NSC3CCC3)CC2)c1. The molecule has 2 N–H and O–H groups in total. The fourth-order valence-corrected chi connectivity index (χ4v) is 12.2. The first-order valence-corrected chi connectivity index (χ1v) is 27.4. The molecule has 5 fully saturated rings. The summed E-state index contributed by atoms with van der Waals surface area (Å²) in [5, 5.41) is 17.5. The number of anilines is 2. The van der Waals surface area contributed by atoms with Gasteiger partial charge in [0.05, 0.1) is 36.4 Å². The Morgan fingerprint density at radius 3 is 1.58 bits per heavy atom. The van der Waals surface area contributed by atoms with Gasteiger partial charge in [0.2, 0.25) is 0 Å². The summed E-state index contributed by atoms with van der Waals surface area (Å²) in [6.45, 7) is 10.9. The minimum Gasteiger partial charge on any atom is -0.378 e. The van der Waals surface area contributed by atoms with Crippen molar-refractivity contribution in [3.05, 3.63) is 108 Å². The van der Waals surface area contributed by atoms with Crippen molar-refractivity contribution in [2.24, 2.45) is 11.8 Å². The molecule has 9 rings (SSSR count). The minimum atomic E-state index is -1.02. The second-order valence-electron chi connectivity index (χ2n) is 18.6. The molecule has 4 aromatic rings. The molecule has 0 spiro atoms. The Labute approximate surface area is 405 Å². The van der Waals surface area contributed by atoms with Crippen molar-refractivity contribution in [3.8, 4) is 0 Å². The van der Waals surface area contributed by atoms with E-state index in [1.165, 1.54) is 31.4 Å². The van der Waals surface area contributed by atoms with Crippen LogP contribution in [0.25, 0.3) is 0 Å². The van der Waals surface area contributed by atoms with Crippen molar-refractivity contribution in [3.63, 3.8) is 0 Å². The van der Waals surface area contributed by atoms with Crippen LogP contribution < -0.4 is 19.2 Å². The summed E-state index contributed by atoms with van der Waals surface area (Å²) >= 11 is 1.95. The van der Waals surface area contributed by atoms with Gasteiger partial charge in [0.1, 0.15) is 11.6 Å². The van der Waals surface area contributed by atoms with Crippen molar-refractivity contribution < 1.29 is 22.5 Å². The quantitative estimate of drug-likeness (QED) is 0.105.